The number of nitrogens with one attached hydrogen (secondary N) is 1. The molecule has 0 aliphatic heterocycles. The van der Waals surface area contributed by atoms with Crippen molar-refractivity contribution in [3.63, 3.8) is 0 Å². The zero-order valence-electron chi connectivity index (χ0n) is 14.3. The van der Waals surface area contributed by atoms with Crippen molar-refractivity contribution < 1.29 is 9.90 Å². The lowest BCUT2D eigenvalue weighted by Gasteiger charge is -2.09. The van der Waals surface area contributed by atoms with Gasteiger partial charge in [0.25, 0.3) is 5.56 Å². The zero-order chi connectivity index (χ0) is 19.8. The molecule has 8 heteroatoms. The highest BCUT2D eigenvalue weighted by molar-refractivity contribution is 6.44. The molecule has 2 heterocycles. The van der Waals surface area contributed by atoms with Gasteiger partial charge in [-0.15, -0.1) is 0 Å². The molecular weight excluding hydrogens is 401 g/mol. The maximum absolute atomic E-state index is 13.0. The van der Waals surface area contributed by atoms with E-state index in [4.69, 9.17) is 23.2 Å². The second-order valence-corrected chi connectivity index (χ2v) is 7.15. The number of hydrogen-bond donors (Lipinski definition) is 2. The van der Waals surface area contributed by atoms with Gasteiger partial charge < -0.3 is 5.11 Å². The van der Waals surface area contributed by atoms with Gasteiger partial charge in [0, 0.05) is 5.56 Å². The highest BCUT2D eigenvalue weighted by atomic mass is 35.5. The number of phenolic OH excluding ortho intramolecular Hbond substituents is 1. The monoisotopic (exact) mass is 413 g/mol. The summed E-state index contributed by atoms with van der Waals surface area (Å²) >= 11 is 12.1. The number of aromatic hydroxyl groups is 1. The Morgan fingerprint density at radius 3 is 2.39 bits per heavy atom. The fourth-order valence-corrected chi connectivity index (χ4v) is 3.30. The molecule has 2 N–H and O–H groups in total. The number of H-pyrrole nitrogens is 1. The number of halogens is 2. The molecule has 0 aliphatic rings. The lowest BCUT2D eigenvalue weighted by molar-refractivity contribution is 0.103. The third-order valence-electron chi connectivity index (χ3n) is 4.32. The first-order valence-corrected chi connectivity index (χ1v) is 9.16. The third-order valence-corrected chi connectivity index (χ3v) is 4.73. The number of rotatable bonds is 4. The summed E-state index contributed by atoms with van der Waals surface area (Å²) < 4.78 is 1.33. The highest BCUT2D eigenvalue weighted by Crippen LogP contribution is 2.31. The number of carbonyl (C=O) groups is 1. The van der Waals surface area contributed by atoms with Gasteiger partial charge in [0.2, 0.25) is 0 Å². The lowest BCUT2D eigenvalue weighted by atomic mass is 10.0. The molecule has 0 atom stereocenters. The largest absolute Gasteiger partial charge is 0.507 e. The van der Waals surface area contributed by atoms with Gasteiger partial charge in [0.05, 0.1) is 22.3 Å². The predicted octanol–water partition coefficient (Wildman–Crippen LogP) is 4.13. The van der Waals surface area contributed by atoms with Gasteiger partial charge in [0.1, 0.15) is 10.6 Å². The SMILES string of the molecule is O=C(c1ccccc1O)c1cc2c(=O)n(-c3ccccc3)[nH]c2nc1C(Cl)Cl. The second-order valence-electron chi connectivity index (χ2n) is 6.05. The summed E-state index contributed by atoms with van der Waals surface area (Å²) in [6.45, 7) is 0. The van der Waals surface area contributed by atoms with Gasteiger partial charge in [-0.25, -0.2) is 9.67 Å². The molecule has 0 fully saturated rings. The van der Waals surface area contributed by atoms with Crippen LogP contribution in [0.4, 0.5) is 0 Å². The second kappa shape index (κ2) is 7.14. The van der Waals surface area contributed by atoms with E-state index in [-0.39, 0.29) is 39.2 Å². The normalized spacial score (nSPS) is 11.2. The van der Waals surface area contributed by atoms with E-state index in [1.165, 1.54) is 22.9 Å². The minimum Gasteiger partial charge on any atom is -0.507 e. The van der Waals surface area contributed by atoms with Crippen molar-refractivity contribution in [3.05, 3.63) is 87.8 Å². The first kappa shape index (κ1) is 18.3. The molecule has 0 unspecified atom stereocenters. The van der Waals surface area contributed by atoms with Crippen molar-refractivity contribution in [3.8, 4) is 11.4 Å². The number of alkyl halides is 2. The maximum Gasteiger partial charge on any atom is 0.280 e. The summed E-state index contributed by atoms with van der Waals surface area (Å²) in [5, 5.41) is 13.1. The first-order valence-electron chi connectivity index (χ1n) is 8.29. The average Bonchev–Trinajstić information content (AvgIpc) is 3.03. The van der Waals surface area contributed by atoms with Gasteiger partial charge in [-0.2, -0.15) is 0 Å². The van der Waals surface area contributed by atoms with Crippen molar-refractivity contribution in [1.82, 2.24) is 14.8 Å². The number of benzene rings is 2. The summed E-state index contributed by atoms with van der Waals surface area (Å²) in [6, 6.07) is 16.5. The number of nitrogens with zero attached hydrogens (tertiary/aromatic N) is 2. The zero-order valence-corrected chi connectivity index (χ0v) is 15.8. The molecule has 0 amide bonds. The number of fused-ring (bicyclic) bond motifs is 1. The summed E-state index contributed by atoms with van der Waals surface area (Å²) in [6.07, 6.45) is 0. The van der Waals surface area contributed by atoms with E-state index in [9.17, 15) is 14.7 Å². The number of para-hydroxylation sites is 2. The van der Waals surface area contributed by atoms with Crippen LogP contribution < -0.4 is 5.56 Å². The van der Waals surface area contributed by atoms with E-state index in [2.05, 4.69) is 10.1 Å². The fourth-order valence-electron chi connectivity index (χ4n) is 2.97. The van der Waals surface area contributed by atoms with E-state index < -0.39 is 10.6 Å². The van der Waals surface area contributed by atoms with Crippen molar-refractivity contribution in [2.24, 2.45) is 0 Å². The predicted molar refractivity (Wildman–Crippen MR) is 108 cm³/mol. The van der Waals surface area contributed by atoms with Crippen molar-refractivity contribution >= 4 is 40.0 Å². The van der Waals surface area contributed by atoms with Crippen LogP contribution in [0.1, 0.15) is 26.5 Å². The van der Waals surface area contributed by atoms with Gasteiger partial charge >= 0.3 is 0 Å². The van der Waals surface area contributed by atoms with Crippen LogP contribution in [0.2, 0.25) is 0 Å². The van der Waals surface area contributed by atoms with Crippen LogP contribution in [-0.2, 0) is 0 Å². The van der Waals surface area contributed by atoms with Gasteiger partial charge in [-0.1, -0.05) is 53.5 Å². The maximum atomic E-state index is 13.0. The summed E-state index contributed by atoms with van der Waals surface area (Å²) in [4.78, 5) is 29.1. The van der Waals surface area contributed by atoms with E-state index >= 15 is 0 Å². The molecule has 6 nitrogen and oxygen atoms in total. The van der Waals surface area contributed by atoms with Crippen LogP contribution in [0.15, 0.2) is 65.5 Å². The molecule has 0 aliphatic carbocycles. The Labute approximate surface area is 169 Å². The molecule has 28 heavy (non-hydrogen) atoms. The van der Waals surface area contributed by atoms with Crippen LogP contribution in [0, 0.1) is 0 Å². The Bertz CT molecular complexity index is 1250. The summed E-state index contributed by atoms with van der Waals surface area (Å²) in [5.74, 6) is -0.712. The van der Waals surface area contributed by atoms with Gasteiger partial charge in [-0.05, 0) is 30.3 Å². The number of phenols is 1. The van der Waals surface area contributed by atoms with Crippen molar-refractivity contribution in [2.75, 3.05) is 0 Å². The molecule has 140 valence electrons. The molecule has 0 saturated carbocycles. The number of pyridine rings is 1. The molecular formula is C20H13Cl2N3O3. The Hall–Kier alpha value is -3.09. The van der Waals surface area contributed by atoms with Crippen LogP contribution in [0.25, 0.3) is 16.7 Å². The Morgan fingerprint density at radius 2 is 1.71 bits per heavy atom. The molecule has 0 saturated heterocycles. The number of hydrogen-bond acceptors (Lipinski definition) is 4. The fraction of sp³-hybridized carbons (Fsp3) is 0.0500. The van der Waals surface area contributed by atoms with Crippen LogP contribution in [0.5, 0.6) is 5.75 Å². The van der Waals surface area contributed by atoms with Gasteiger partial charge in [0.15, 0.2) is 11.4 Å². The molecule has 0 radical (unpaired) electrons. The molecule has 4 rings (SSSR count). The lowest BCUT2D eigenvalue weighted by Crippen LogP contribution is -2.14. The van der Waals surface area contributed by atoms with E-state index in [0.29, 0.717) is 5.69 Å². The summed E-state index contributed by atoms with van der Waals surface area (Å²) in [7, 11) is 0. The molecule has 0 bridgehead atoms. The van der Waals surface area contributed by atoms with Crippen LogP contribution in [-0.4, -0.2) is 25.7 Å². The topological polar surface area (TPSA) is 88.0 Å². The number of aromatic nitrogens is 3. The van der Waals surface area contributed by atoms with E-state index in [1.54, 1.807) is 36.4 Å². The van der Waals surface area contributed by atoms with E-state index in [1.807, 2.05) is 6.07 Å². The number of ketones is 1. The number of carbonyl (C=O) groups excluding carboxylic acids is 1. The van der Waals surface area contributed by atoms with E-state index in [0.717, 1.165) is 0 Å². The minimum atomic E-state index is -1.10. The van der Waals surface area contributed by atoms with Crippen molar-refractivity contribution in [1.29, 1.82) is 0 Å². The van der Waals surface area contributed by atoms with Crippen LogP contribution in [0.3, 0.4) is 0 Å². The molecule has 2 aromatic heterocycles. The Balaban J connectivity index is 1.95. The number of aromatic amines is 1. The highest BCUT2D eigenvalue weighted by Gasteiger charge is 2.24. The quantitative estimate of drug-likeness (QED) is 0.388. The Kier molecular flexibility index (Phi) is 4.66. The van der Waals surface area contributed by atoms with Gasteiger partial charge in [-0.3, -0.25) is 14.7 Å². The minimum absolute atomic E-state index is 0.0558. The Morgan fingerprint density at radius 1 is 1.04 bits per heavy atom. The third kappa shape index (κ3) is 3.06. The van der Waals surface area contributed by atoms with Crippen LogP contribution >= 0.6 is 23.2 Å². The molecule has 0 spiro atoms. The molecule has 4 aromatic rings. The average molecular weight is 414 g/mol. The summed E-state index contributed by atoms with van der Waals surface area (Å²) in [5.41, 5.74) is 0.730. The standard InChI is InChI=1S/C20H13Cl2N3O3/c21-18(22)16-13(17(27)12-8-4-5-9-15(12)26)10-14-19(23-16)24-25(20(14)28)11-6-2-1-3-7-11/h1-10,18,26H,(H,23,24). The first-order chi connectivity index (χ1) is 13.5. The molecule has 2 aromatic carbocycles. The smallest absolute Gasteiger partial charge is 0.280 e. The van der Waals surface area contributed by atoms with Crippen molar-refractivity contribution in [2.45, 2.75) is 4.84 Å².